The van der Waals surface area contributed by atoms with Gasteiger partial charge in [0, 0.05) is 48.9 Å². The summed E-state index contributed by atoms with van der Waals surface area (Å²) in [5.74, 6) is -1.15. The molecule has 7 nitrogen and oxygen atoms in total. The fourth-order valence-corrected chi connectivity index (χ4v) is 4.37. The van der Waals surface area contributed by atoms with Gasteiger partial charge in [0.1, 0.15) is 11.6 Å². The Bertz CT molecular complexity index is 1220. The number of anilines is 1. The van der Waals surface area contributed by atoms with Crippen LogP contribution in [-0.4, -0.2) is 52.6 Å². The predicted molar refractivity (Wildman–Crippen MR) is 117 cm³/mol. The van der Waals surface area contributed by atoms with E-state index in [4.69, 9.17) is 0 Å². The largest absolute Gasteiger partial charge is 0.348 e. The van der Waals surface area contributed by atoms with Crippen LogP contribution in [0.5, 0.6) is 0 Å². The number of nitrogens with zero attached hydrogens (tertiary/aromatic N) is 4. The summed E-state index contributed by atoms with van der Waals surface area (Å²) < 4.78 is 26.8. The highest BCUT2D eigenvalue weighted by Gasteiger charge is 2.37. The lowest BCUT2D eigenvalue weighted by Crippen LogP contribution is -2.53. The standard InChI is InChI=1S/C24H21F2N5O2/c25-18-7-6-16(20(26)12-18)13-27-23(32)21-11-17-10-19-14-30(8-9-31(19)22(17)29-28-21)24(33)15-4-2-1-3-5-15/h1-7,11-12,19H,8-10,13-14H2,(H,27,32). The van der Waals surface area contributed by atoms with E-state index in [-0.39, 0.29) is 29.8 Å². The number of amides is 2. The van der Waals surface area contributed by atoms with Crippen LogP contribution in [0.4, 0.5) is 14.6 Å². The number of piperazine rings is 1. The van der Waals surface area contributed by atoms with Crippen molar-refractivity contribution in [2.75, 3.05) is 24.5 Å². The van der Waals surface area contributed by atoms with Gasteiger partial charge in [-0.1, -0.05) is 24.3 Å². The number of halogens is 2. The van der Waals surface area contributed by atoms with Crippen molar-refractivity contribution < 1.29 is 18.4 Å². The van der Waals surface area contributed by atoms with E-state index < -0.39 is 17.5 Å². The summed E-state index contributed by atoms with van der Waals surface area (Å²) in [5.41, 5.74) is 1.87. The van der Waals surface area contributed by atoms with E-state index in [0.717, 1.165) is 23.5 Å². The molecule has 0 aliphatic carbocycles. The summed E-state index contributed by atoms with van der Waals surface area (Å²) in [6.45, 7) is 1.70. The number of carbonyl (C=O) groups is 2. The summed E-state index contributed by atoms with van der Waals surface area (Å²) in [5, 5.41) is 10.9. The van der Waals surface area contributed by atoms with E-state index in [9.17, 15) is 18.4 Å². The van der Waals surface area contributed by atoms with E-state index in [1.807, 2.05) is 35.2 Å². The third-order valence-corrected chi connectivity index (χ3v) is 6.06. The molecule has 9 heteroatoms. The smallest absolute Gasteiger partial charge is 0.272 e. The van der Waals surface area contributed by atoms with E-state index in [2.05, 4.69) is 20.4 Å². The Morgan fingerprint density at radius 2 is 1.85 bits per heavy atom. The SMILES string of the molecule is O=C(NCc1ccc(F)cc1F)c1cc2c(nn1)N1CCN(C(=O)c3ccccc3)CC1C2. The summed E-state index contributed by atoms with van der Waals surface area (Å²) >= 11 is 0. The Labute approximate surface area is 189 Å². The zero-order valence-corrected chi connectivity index (χ0v) is 17.7. The molecule has 1 unspecified atom stereocenters. The molecule has 2 aromatic carbocycles. The second kappa shape index (κ2) is 8.57. The molecular weight excluding hydrogens is 428 g/mol. The highest BCUT2D eigenvalue weighted by atomic mass is 19.1. The highest BCUT2D eigenvalue weighted by Crippen LogP contribution is 2.32. The minimum Gasteiger partial charge on any atom is -0.348 e. The molecule has 3 aromatic rings. The third kappa shape index (κ3) is 4.13. The van der Waals surface area contributed by atoms with Crippen LogP contribution < -0.4 is 10.2 Å². The van der Waals surface area contributed by atoms with Crippen molar-refractivity contribution in [3.05, 3.63) is 88.6 Å². The van der Waals surface area contributed by atoms with Gasteiger partial charge in [0.15, 0.2) is 11.5 Å². The zero-order valence-electron chi connectivity index (χ0n) is 17.7. The maximum atomic E-state index is 13.8. The third-order valence-electron chi connectivity index (χ3n) is 6.06. The number of aromatic nitrogens is 2. The first kappa shape index (κ1) is 21.0. The summed E-state index contributed by atoms with van der Waals surface area (Å²) in [7, 11) is 0. The number of benzene rings is 2. The zero-order chi connectivity index (χ0) is 22.9. The quantitative estimate of drug-likeness (QED) is 0.663. The Kier molecular flexibility index (Phi) is 5.45. The van der Waals surface area contributed by atoms with E-state index in [0.29, 0.717) is 31.6 Å². The van der Waals surface area contributed by atoms with Gasteiger partial charge in [-0.2, -0.15) is 0 Å². The van der Waals surface area contributed by atoms with Crippen molar-refractivity contribution in [1.29, 1.82) is 0 Å². The van der Waals surface area contributed by atoms with Gasteiger partial charge in [-0.25, -0.2) is 8.78 Å². The molecule has 1 atom stereocenters. The molecule has 168 valence electrons. The molecule has 0 saturated carbocycles. The maximum Gasteiger partial charge on any atom is 0.272 e. The van der Waals surface area contributed by atoms with Gasteiger partial charge in [0.2, 0.25) is 0 Å². The number of hydrogen-bond donors (Lipinski definition) is 1. The molecule has 1 fully saturated rings. The fourth-order valence-electron chi connectivity index (χ4n) is 4.37. The summed E-state index contributed by atoms with van der Waals surface area (Å²) in [6.07, 6.45) is 0.649. The normalized spacial score (nSPS) is 16.8. The van der Waals surface area contributed by atoms with Crippen LogP contribution in [0.2, 0.25) is 0 Å². The maximum absolute atomic E-state index is 13.8. The van der Waals surface area contributed by atoms with E-state index in [1.54, 1.807) is 6.07 Å². The van der Waals surface area contributed by atoms with Crippen molar-refractivity contribution in [3.8, 4) is 0 Å². The number of hydrogen-bond acceptors (Lipinski definition) is 5. The average molecular weight is 449 g/mol. The van der Waals surface area contributed by atoms with Crippen LogP contribution in [0.25, 0.3) is 0 Å². The first-order chi connectivity index (χ1) is 16.0. The van der Waals surface area contributed by atoms with Crippen LogP contribution in [0.15, 0.2) is 54.6 Å². The Hall–Kier alpha value is -3.88. The average Bonchev–Trinajstić information content (AvgIpc) is 3.20. The van der Waals surface area contributed by atoms with Gasteiger partial charge >= 0.3 is 0 Å². The van der Waals surface area contributed by atoms with Crippen LogP contribution in [-0.2, 0) is 13.0 Å². The number of carbonyl (C=O) groups excluding carboxylic acids is 2. The van der Waals surface area contributed by atoms with Crippen molar-refractivity contribution in [2.45, 2.75) is 19.0 Å². The Morgan fingerprint density at radius 3 is 2.64 bits per heavy atom. The molecular formula is C24H21F2N5O2. The molecule has 2 aliphatic rings. The number of rotatable bonds is 4. The van der Waals surface area contributed by atoms with Crippen molar-refractivity contribution in [1.82, 2.24) is 20.4 Å². The molecule has 1 saturated heterocycles. The summed E-state index contributed by atoms with van der Waals surface area (Å²) in [6, 6.07) is 14.2. The molecule has 3 heterocycles. The number of fused-ring (bicyclic) bond motifs is 3. The molecule has 1 N–H and O–H groups in total. The van der Waals surface area contributed by atoms with Gasteiger partial charge in [-0.15, -0.1) is 10.2 Å². The molecule has 0 bridgehead atoms. The fraction of sp³-hybridized carbons (Fsp3) is 0.250. The minimum atomic E-state index is -0.721. The van der Waals surface area contributed by atoms with Crippen LogP contribution in [0.1, 0.15) is 32.0 Å². The highest BCUT2D eigenvalue weighted by molar-refractivity contribution is 5.94. The van der Waals surface area contributed by atoms with Gasteiger partial charge in [0.25, 0.3) is 11.8 Å². The second-order valence-electron chi connectivity index (χ2n) is 8.17. The molecule has 5 rings (SSSR count). The summed E-state index contributed by atoms with van der Waals surface area (Å²) in [4.78, 5) is 29.3. The Morgan fingerprint density at radius 1 is 1.03 bits per heavy atom. The monoisotopic (exact) mass is 449 g/mol. The molecule has 33 heavy (non-hydrogen) atoms. The van der Waals surface area contributed by atoms with Crippen molar-refractivity contribution >= 4 is 17.6 Å². The van der Waals surface area contributed by atoms with Crippen molar-refractivity contribution in [2.24, 2.45) is 0 Å². The van der Waals surface area contributed by atoms with Gasteiger partial charge in [-0.05, 0) is 30.7 Å². The first-order valence-electron chi connectivity index (χ1n) is 10.7. The minimum absolute atomic E-state index is 0.00498. The second-order valence-corrected chi connectivity index (χ2v) is 8.17. The van der Waals surface area contributed by atoms with Gasteiger partial charge < -0.3 is 15.1 Å². The Balaban J connectivity index is 1.25. The molecule has 0 radical (unpaired) electrons. The first-order valence-corrected chi connectivity index (χ1v) is 10.7. The molecule has 2 amide bonds. The van der Waals surface area contributed by atoms with E-state index in [1.165, 1.54) is 6.07 Å². The lowest BCUT2D eigenvalue weighted by molar-refractivity contribution is 0.0724. The predicted octanol–water partition coefficient (Wildman–Crippen LogP) is 2.57. The van der Waals surface area contributed by atoms with Crippen LogP contribution in [0.3, 0.4) is 0 Å². The van der Waals surface area contributed by atoms with Crippen molar-refractivity contribution in [3.63, 3.8) is 0 Å². The van der Waals surface area contributed by atoms with Crippen LogP contribution in [0, 0.1) is 11.6 Å². The van der Waals surface area contributed by atoms with Crippen LogP contribution >= 0.6 is 0 Å². The number of nitrogens with one attached hydrogen (secondary N) is 1. The van der Waals surface area contributed by atoms with Gasteiger partial charge in [0.05, 0.1) is 6.04 Å². The van der Waals surface area contributed by atoms with E-state index >= 15 is 0 Å². The lowest BCUT2D eigenvalue weighted by Gasteiger charge is -2.38. The molecule has 1 aromatic heterocycles. The molecule has 2 aliphatic heterocycles. The van der Waals surface area contributed by atoms with Gasteiger partial charge in [-0.3, -0.25) is 9.59 Å². The lowest BCUT2D eigenvalue weighted by atomic mass is 10.1. The molecule has 0 spiro atoms. The topological polar surface area (TPSA) is 78.4 Å².